The molecular formula is C14H25N3O4. The Labute approximate surface area is 125 Å². The van der Waals surface area contributed by atoms with Crippen molar-refractivity contribution >= 4 is 12.0 Å². The SMILES string of the molecule is COC1CCN(C(=O)N2CCN(CCC(=O)O)CC2)CC1. The zero-order chi connectivity index (χ0) is 15.2. The Kier molecular flexibility index (Phi) is 5.81. The number of piperazine rings is 1. The van der Waals surface area contributed by atoms with Gasteiger partial charge in [-0.3, -0.25) is 9.69 Å². The zero-order valence-corrected chi connectivity index (χ0v) is 12.7. The molecule has 0 spiro atoms. The number of carbonyl (C=O) groups is 2. The van der Waals surface area contributed by atoms with E-state index >= 15 is 0 Å². The molecule has 0 aliphatic carbocycles. The number of piperidine rings is 1. The van der Waals surface area contributed by atoms with E-state index in [0.29, 0.717) is 19.6 Å². The van der Waals surface area contributed by atoms with Crippen LogP contribution in [0.15, 0.2) is 0 Å². The molecule has 7 heteroatoms. The molecule has 2 heterocycles. The first-order valence-corrected chi connectivity index (χ1v) is 7.61. The van der Waals surface area contributed by atoms with Gasteiger partial charge in [0.2, 0.25) is 0 Å². The number of amides is 2. The molecule has 0 atom stereocenters. The summed E-state index contributed by atoms with van der Waals surface area (Å²) in [6.07, 6.45) is 2.25. The maximum atomic E-state index is 12.4. The first-order chi connectivity index (χ1) is 10.1. The van der Waals surface area contributed by atoms with Gasteiger partial charge in [-0.05, 0) is 12.8 Å². The van der Waals surface area contributed by atoms with Gasteiger partial charge in [0.25, 0.3) is 0 Å². The molecule has 21 heavy (non-hydrogen) atoms. The molecule has 2 amide bonds. The van der Waals surface area contributed by atoms with Gasteiger partial charge in [-0.15, -0.1) is 0 Å². The molecule has 0 aromatic rings. The van der Waals surface area contributed by atoms with Crippen molar-refractivity contribution in [1.29, 1.82) is 0 Å². The first-order valence-electron chi connectivity index (χ1n) is 7.61. The third-order valence-electron chi connectivity index (χ3n) is 4.33. The van der Waals surface area contributed by atoms with E-state index in [9.17, 15) is 9.59 Å². The summed E-state index contributed by atoms with van der Waals surface area (Å²) in [7, 11) is 1.72. The van der Waals surface area contributed by atoms with Crippen molar-refractivity contribution in [2.75, 3.05) is 52.9 Å². The molecule has 2 aliphatic heterocycles. The Hall–Kier alpha value is -1.34. The third-order valence-corrected chi connectivity index (χ3v) is 4.33. The van der Waals surface area contributed by atoms with Crippen molar-refractivity contribution in [3.63, 3.8) is 0 Å². The van der Waals surface area contributed by atoms with Crippen LogP contribution in [0.4, 0.5) is 4.79 Å². The van der Waals surface area contributed by atoms with Gasteiger partial charge in [-0.1, -0.05) is 0 Å². The standard InChI is InChI=1S/C14H25N3O4/c1-21-12-2-6-16(7-3-12)14(20)17-10-8-15(9-11-17)5-4-13(18)19/h12H,2-11H2,1H3,(H,18,19). The number of hydrogen-bond acceptors (Lipinski definition) is 4. The van der Waals surface area contributed by atoms with E-state index in [1.54, 1.807) is 7.11 Å². The van der Waals surface area contributed by atoms with Crippen molar-refractivity contribution in [2.24, 2.45) is 0 Å². The molecule has 0 aromatic heterocycles. The molecule has 0 radical (unpaired) electrons. The molecule has 2 fully saturated rings. The Morgan fingerprint density at radius 2 is 1.62 bits per heavy atom. The van der Waals surface area contributed by atoms with Gasteiger partial charge in [0.15, 0.2) is 0 Å². The monoisotopic (exact) mass is 299 g/mol. The highest BCUT2D eigenvalue weighted by Gasteiger charge is 2.28. The van der Waals surface area contributed by atoms with Crippen LogP contribution < -0.4 is 0 Å². The number of nitrogens with zero attached hydrogens (tertiary/aromatic N) is 3. The molecule has 2 rings (SSSR count). The number of aliphatic carboxylic acids is 1. The van der Waals surface area contributed by atoms with E-state index in [4.69, 9.17) is 9.84 Å². The van der Waals surface area contributed by atoms with Gasteiger partial charge in [0.05, 0.1) is 12.5 Å². The molecule has 7 nitrogen and oxygen atoms in total. The summed E-state index contributed by atoms with van der Waals surface area (Å²) in [5, 5.41) is 8.69. The Morgan fingerprint density at radius 1 is 1.05 bits per heavy atom. The number of urea groups is 1. The second-order valence-corrected chi connectivity index (χ2v) is 5.68. The van der Waals surface area contributed by atoms with Gasteiger partial charge < -0.3 is 19.6 Å². The van der Waals surface area contributed by atoms with Crippen molar-refractivity contribution in [2.45, 2.75) is 25.4 Å². The average Bonchev–Trinajstić information content (AvgIpc) is 2.53. The topological polar surface area (TPSA) is 73.3 Å². The largest absolute Gasteiger partial charge is 0.481 e. The lowest BCUT2D eigenvalue weighted by atomic mass is 10.1. The van der Waals surface area contributed by atoms with Crippen molar-refractivity contribution in [3.05, 3.63) is 0 Å². The summed E-state index contributed by atoms with van der Waals surface area (Å²) >= 11 is 0. The zero-order valence-electron chi connectivity index (χ0n) is 12.7. The van der Waals surface area contributed by atoms with Gasteiger partial charge in [0.1, 0.15) is 0 Å². The number of methoxy groups -OCH3 is 1. The van der Waals surface area contributed by atoms with Crippen LogP contribution in [0.5, 0.6) is 0 Å². The van der Waals surface area contributed by atoms with Crippen molar-refractivity contribution in [3.8, 4) is 0 Å². The van der Waals surface area contributed by atoms with Crippen LogP contribution in [-0.4, -0.2) is 90.8 Å². The van der Waals surface area contributed by atoms with E-state index in [2.05, 4.69) is 4.90 Å². The van der Waals surface area contributed by atoms with Gasteiger partial charge in [-0.25, -0.2) is 4.79 Å². The highest BCUT2D eigenvalue weighted by atomic mass is 16.5. The third kappa shape index (κ3) is 4.57. The summed E-state index contributed by atoms with van der Waals surface area (Å²) in [6, 6.07) is 0.113. The second kappa shape index (κ2) is 7.61. The van der Waals surface area contributed by atoms with E-state index in [0.717, 1.165) is 39.0 Å². The van der Waals surface area contributed by atoms with Gasteiger partial charge >= 0.3 is 12.0 Å². The van der Waals surface area contributed by atoms with E-state index in [1.165, 1.54) is 0 Å². The first kappa shape index (κ1) is 16.0. The number of carbonyl (C=O) groups excluding carboxylic acids is 1. The Bertz CT molecular complexity index is 361. The molecule has 1 N–H and O–H groups in total. The maximum Gasteiger partial charge on any atom is 0.320 e. The van der Waals surface area contributed by atoms with Crippen molar-refractivity contribution in [1.82, 2.24) is 14.7 Å². The van der Waals surface area contributed by atoms with E-state index < -0.39 is 5.97 Å². The molecule has 0 bridgehead atoms. The minimum absolute atomic E-state index is 0.113. The molecule has 2 saturated heterocycles. The predicted molar refractivity (Wildman–Crippen MR) is 77.3 cm³/mol. The number of rotatable bonds is 4. The number of carboxylic acids is 1. The normalized spacial score (nSPS) is 21.6. The molecular weight excluding hydrogens is 274 g/mol. The molecule has 0 aromatic carbocycles. The molecule has 120 valence electrons. The summed E-state index contributed by atoms with van der Waals surface area (Å²) < 4.78 is 5.32. The highest BCUT2D eigenvalue weighted by molar-refractivity contribution is 5.74. The van der Waals surface area contributed by atoms with Gasteiger partial charge in [-0.2, -0.15) is 0 Å². The smallest absolute Gasteiger partial charge is 0.320 e. The fourth-order valence-corrected chi connectivity index (χ4v) is 2.90. The Balaban J connectivity index is 1.72. The lowest BCUT2D eigenvalue weighted by Gasteiger charge is -2.39. The summed E-state index contributed by atoms with van der Waals surface area (Å²) in [4.78, 5) is 28.9. The lowest BCUT2D eigenvalue weighted by Crippen LogP contribution is -2.54. The fraction of sp³-hybridized carbons (Fsp3) is 0.857. The van der Waals surface area contributed by atoms with Gasteiger partial charge in [0, 0.05) is 52.9 Å². The van der Waals surface area contributed by atoms with E-state index in [-0.39, 0.29) is 18.6 Å². The van der Waals surface area contributed by atoms with Crippen molar-refractivity contribution < 1.29 is 19.4 Å². The molecule has 0 unspecified atom stereocenters. The summed E-state index contributed by atoms with van der Waals surface area (Å²) in [6.45, 7) is 4.97. The maximum absolute atomic E-state index is 12.4. The van der Waals surface area contributed by atoms with Crippen LogP contribution in [0.3, 0.4) is 0 Å². The van der Waals surface area contributed by atoms with E-state index in [1.807, 2.05) is 9.80 Å². The number of carboxylic acid groups (broad SMARTS) is 1. The molecule has 2 aliphatic rings. The van der Waals surface area contributed by atoms with Crippen LogP contribution in [0.25, 0.3) is 0 Å². The molecule has 0 saturated carbocycles. The summed E-state index contributed by atoms with van der Waals surface area (Å²) in [5.74, 6) is -0.769. The average molecular weight is 299 g/mol. The lowest BCUT2D eigenvalue weighted by molar-refractivity contribution is -0.137. The van der Waals surface area contributed by atoms with Crippen LogP contribution >= 0.6 is 0 Å². The predicted octanol–water partition coefficient (Wildman–Crippen LogP) is 0.310. The van der Waals surface area contributed by atoms with Crippen LogP contribution in [-0.2, 0) is 9.53 Å². The second-order valence-electron chi connectivity index (χ2n) is 5.68. The number of hydrogen-bond donors (Lipinski definition) is 1. The minimum atomic E-state index is -0.769. The summed E-state index contributed by atoms with van der Waals surface area (Å²) in [5.41, 5.74) is 0. The fourth-order valence-electron chi connectivity index (χ4n) is 2.90. The van der Waals surface area contributed by atoms with Crippen LogP contribution in [0.2, 0.25) is 0 Å². The van der Waals surface area contributed by atoms with Crippen LogP contribution in [0.1, 0.15) is 19.3 Å². The number of likely N-dealkylation sites (tertiary alicyclic amines) is 1. The quantitative estimate of drug-likeness (QED) is 0.809. The minimum Gasteiger partial charge on any atom is -0.481 e. The van der Waals surface area contributed by atoms with Crippen LogP contribution in [0, 0.1) is 0 Å². The Morgan fingerprint density at radius 3 is 2.14 bits per heavy atom. The number of ether oxygens (including phenoxy) is 1. The highest BCUT2D eigenvalue weighted by Crippen LogP contribution is 2.15.